The molecular weight excluding hydrogens is 338 g/mol. The van der Waals surface area contributed by atoms with Crippen LogP contribution in [0.2, 0.25) is 0 Å². The Hall–Kier alpha value is -2.61. The first kappa shape index (κ1) is 17.2. The number of carbonyl (C=O) groups is 1. The van der Waals surface area contributed by atoms with Gasteiger partial charge in [-0.2, -0.15) is 0 Å². The zero-order chi connectivity index (χ0) is 17.6. The lowest BCUT2D eigenvalue weighted by atomic mass is 10.1. The molecule has 0 fully saturated rings. The van der Waals surface area contributed by atoms with Crippen LogP contribution < -0.4 is 5.32 Å². The standard InChI is InChI=1S/C17H19N5O2S/c1-12-5-7-14(8-6-12)10-18-16(23)13(2)25-17-19-20-21-22(17)11-15-4-3-9-24-15/h3-9,13H,10-11H2,1-2H3,(H,18,23). The van der Waals surface area contributed by atoms with Gasteiger partial charge in [0.1, 0.15) is 12.3 Å². The van der Waals surface area contributed by atoms with E-state index >= 15 is 0 Å². The van der Waals surface area contributed by atoms with E-state index < -0.39 is 0 Å². The van der Waals surface area contributed by atoms with Crippen molar-refractivity contribution >= 4 is 17.7 Å². The van der Waals surface area contributed by atoms with E-state index in [9.17, 15) is 4.79 Å². The van der Waals surface area contributed by atoms with E-state index in [4.69, 9.17) is 4.42 Å². The van der Waals surface area contributed by atoms with Crippen molar-refractivity contribution in [2.45, 2.75) is 37.3 Å². The molecule has 0 bridgehead atoms. The van der Waals surface area contributed by atoms with Crippen LogP contribution in [-0.4, -0.2) is 31.4 Å². The third kappa shape index (κ3) is 4.69. The topological polar surface area (TPSA) is 85.8 Å². The monoisotopic (exact) mass is 357 g/mol. The second kappa shape index (κ2) is 7.98. The van der Waals surface area contributed by atoms with E-state index in [1.54, 1.807) is 10.9 Å². The van der Waals surface area contributed by atoms with E-state index in [1.165, 1.54) is 17.3 Å². The van der Waals surface area contributed by atoms with Gasteiger partial charge in [0.05, 0.1) is 11.5 Å². The van der Waals surface area contributed by atoms with E-state index in [1.807, 2.05) is 50.2 Å². The lowest BCUT2D eigenvalue weighted by Crippen LogP contribution is -2.30. The van der Waals surface area contributed by atoms with Gasteiger partial charge in [0.2, 0.25) is 11.1 Å². The lowest BCUT2D eigenvalue weighted by Gasteiger charge is -2.11. The average molecular weight is 357 g/mol. The highest BCUT2D eigenvalue weighted by Crippen LogP contribution is 2.21. The number of hydrogen-bond acceptors (Lipinski definition) is 6. The Morgan fingerprint density at radius 1 is 1.32 bits per heavy atom. The number of hydrogen-bond donors (Lipinski definition) is 1. The molecule has 25 heavy (non-hydrogen) atoms. The summed E-state index contributed by atoms with van der Waals surface area (Å²) in [6.45, 7) is 4.80. The Bertz CT molecular complexity index is 814. The minimum absolute atomic E-state index is 0.0573. The molecule has 0 spiro atoms. The number of benzene rings is 1. The molecule has 1 amide bonds. The van der Waals surface area contributed by atoms with Crippen molar-refractivity contribution in [2.24, 2.45) is 0 Å². The maximum absolute atomic E-state index is 12.3. The zero-order valence-corrected chi connectivity index (χ0v) is 14.9. The predicted molar refractivity (Wildman–Crippen MR) is 94.0 cm³/mol. The Morgan fingerprint density at radius 2 is 2.12 bits per heavy atom. The number of aromatic nitrogens is 4. The molecule has 0 radical (unpaired) electrons. The number of tetrazole rings is 1. The summed E-state index contributed by atoms with van der Waals surface area (Å²) in [5, 5.41) is 14.8. The summed E-state index contributed by atoms with van der Waals surface area (Å²) in [6, 6.07) is 11.8. The Morgan fingerprint density at radius 3 is 2.84 bits per heavy atom. The zero-order valence-electron chi connectivity index (χ0n) is 14.0. The highest BCUT2D eigenvalue weighted by atomic mass is 32.2. The molecule has 1 N–H and O–H groups in total. The molecule has 8 heteroatoms. The fraction of sp³-hybridized carbons (Fsp3) is 0.294. The number of thioether (sulfide) groups is 1. The van der Waals surface area contributed by atoms with E-state index in [2.05, 4.69) is 20.8 Å². The van der Waals surface area contributed by atoms with Crippen LogP contribution >= 0.6 is 11.8 Å². The molecule has 0 aliphatic heterocycles. The average Bonchev–Trinajstić information content (AvgIpc) is 3.27. The van der Waals surface area contributed by atoms with Crippen LogP contribution in [-0.2, 0) is 17.9 Å². The van der Waals surface area contributed by atoms with E-state index in [0.717, 1.165) is 11.3 Å². The smallest absolute Gasteiger partial charge is 0.233 e. The largest absolute Gasteiger partial charge is 0.467 e. The van der Waals surface area contributed by atoms with Gasteiger partial charge in [-0.3, -0.25) is 4.79 Å². The summed E-state index contributed by atoms with van der Waals surface area (Å²) in [7, 11) is 0. The minimum Gasteiger partial charge on any atom is -0.467 e. The number of rotatable bonds is 7. The molecule has 1 atom stereocenters. The highest BCUT2D eigenvalue weighted by Gasteiger charge is 2.18. The molecule has 0 aliphatic rings. The van der Waals surface area contributed by atoms with Crippen molar-refractivity contribution in [3.63, 3.8) is 0 Å². The number of nitrogens with zero attached hydrogens (tertiary/aromatic N) is 4. The van der Waals surface area contributed by atoms with Crippen molar-refractivity contribution in [3.05, 3.63) is 59.5 Å². The Kier molecular flexibility index (Phi) is 5.49. The van der Waals surface area contributed by atoms with Crippen molar-refractivity contribution < 1.29 is 9.21 Å². The normalized spacial score (nSPS) is 12.1. The number of nitrogens with one attached hydrogen (secondary N) is 1. The Balaban J connectivity index is 1.54. The molecule has 130 valence electrons. The van der Waals surface area contributed by atoms with Gasteiger partial charge >= 0.3 is 0 Å². The minimum atomic E-state index is -0.313. The van der Waals surface area contributed by atoms with Crippen molar-refractivity contribution in [3.8, 4) is 0 Å². The van der Waals surface area contributed by atoms with Crippen LogP contribution in [0.1, 0.15) is 23.8 Å². The molecule has 1 unspecified atom stereocenters. The fourth-order valence-corrected chi connectivity index (χ4v) is 2.99. The van der Waals surface area contributed by atoms with Crippen molar-refractivity contribution in [1.29, 1.82) is 0 Å². The van der Waals surface area contributed by atoms with Crippen molar-refractivity contribution in [1.82, 2.24) is 25.5 Å². The second-order valence-electron chi connectivity index (χ2n) is 5.66. The van der Waals surface area contributed by atoms with Crippen LogP contribution in [0.5, 0.6) is 0 Å². The third-order valence-electron chi connectivity index (χ3n) is 3.62. The van der Waals surface area contributed by atoms with Gasteiger partial charge in [-0.15, -0.1) is 5.10 Å². The molecule has 3 rings (SSSR count). The molecular formula is C17H19N5O2S. The third-order valence-corrected chi connectivity index (χ3v) is 4.69. The quantitative estimate of drug-likeness (QED) is 0.654. The molecule has 0 aliphatic carbocycles. The maximum atomic E-state index is 12.3. The van der Waals surface area contributed by atoms with Crippen LogP contribution in [0.4, 0.5) is 0 Å². The van der Waals surface area contributed by atoms with Gasteiger partial charge in [0.15, 0.2) is 0 Å². The van der Waals surface area contributed by atoms with Gasteiger partial charge in [-0.1, -0.05) is 41.6 Å². The summed E-state index contributed by atoms with van der Waals surface area (Å²) in [6.07, 6.45) is 1.60. The van der Waals surface area contributed by atoms with E-state index in [0.29, 0.717) is 18.2 Å². The molecule has 1 aromatic carbocycles. The van der Waals surface area contributed by atoms with Crippen LogP contribution in [0, 0.1) is 6.92 Å². The first-order valence-electron chi connectivity index (χ1n) is 7.90. The molecule has 0 saturated heterocycles. The number of furan rings is 1. The van der Waals surface area contributed by atoms with Gasteiger partial charge in [0, 0.05) is 6.54 Å². The first-order chi connectivity index (χ1) is 12.1. The summed E-state index contributed by atoms with van der Waals surface area (Å²) >= 11 is 1.32. The molecule has 7 nitrogen and oxygen atoms in total. The Labute approximate surface area is 149 Å². The SMILES string of the molecule is Cc1ccc(CNC(=O)C(C)Sc2nnnn2Cc2ccco2)cc1. The first-order valence-corrected chi connectivity index (χ1v) is 8.78. The number of amides is 1. The van der Waals surface area contributed by atoms with Crippen molar-refractivity contribution in [2.75, 3.05) is 0 Å². The predicted octanol–water partition coefficient (Wildman–Crippen LogP) is 2.42. The molecule has 0 saturated carbocycles. The van der Waals surface area contributed by atoms with Gasteiger partial charge in [-0.25, -0.2) is 4.68 Å². The van der Waals surface area contributed by atoms with Gasteiger partial charge < -0.3 is 9.73 Å². The fourth-order valence-electron chi connectivity index (χ4n) is 2.18. The van der Waals surface area contributed by atoms with Crippen LogP contribution in [0.25, 0.3) is 0 Å². The number of carbonyl (C=O) groups excluding carboxylic acids is 1. The molecule has 2 heterocycles. The summed E-state index contributed by atoms with van der Waals surface area (Å²) in [5.74, 6) is 0.698. The van der Waals surface area contributed by atoms with Gasteiger partial charge in [0.25, 0.3) is 0 Å². The summed E-state index contributed by atoms with van der Waals surface area (Å²) in [5.41, 5.74) is 2.26. The second-order valence-corrected chi connectivity index (χ2v) is 6.97. The number of aryl methyl sites for hydroxylation is 1. The van der Waals surface area contributed by atoms with Crippen LogP contribution in [0.15, 0.2) is 52.2 Å². The summed E-state index contributed by atoms with van der Waals surface area (Å²) < 4.78 is 6.92. The molecule has 2 aromatic heterocycles. The van der Waals surface area contributed by atoms with Crippen LogP contribution in [0.3, 0.4) is 0 Å². The van der Waals surface area contributed by atoms with E-state index in [-0.39, 0.29) is 11.2 Å². The lowest BCUT2D eigenvalue weighted by molar-refractivity contribution is -0.120. The van der Waals surface area contributed by atoms with Gasteiger partial charge in [-0.05, 0) is 42.0 Å². The molecule has 3 aromatic rings. The summed E-state index contributed by atoms with van der Waals surface area (Å²) in [4.78, 5) is 12.3. The maximum Gasteiger partial charge on any atom is 0.233 e. The highest BCUT2D eigenvalue weighted by molar-refractivity contribution is 8.00.